The Labute approximate surface area is 262 Å². The summed E-state index contributed by atoms with van der Waals surface area (Å²) in [4.78, 5) is 30.6. The molecule has 0 spiro atoms. The van der Waals surface area contributed by atoms with Gasteiger partial charge in [0.1, 0.15) is 12.4 Å². The first-order valence-electron chi connectivity index (χ1n) is 14.9. The first-order valence-corrected chi connectivity index (χ1v) is 16.3. The summed E-state index contributed by atoms with van der Waals surface area (Å²) in [5.74, 6) is -1.45. The fourth-order valence-corrected chi connectivity index (χ4v) is 7.41. The van der Waals surface area contributed by atoms with E-state index < -0.39 is 28.1 Å². The zero-order valence-electron chi connectivity index (χ0n) is 25.0. The summed E-state index contributed by atoms with van der Waals surface area (Å²) in [7, 11) is -0.855. The van der Waals surface area contributed by atoms with Gasteiger partial charge in [-0.2, -0.15) is 12.7 Å². The molecule has 0 saturated carbocycles. The van der Waals surface area contributed by atoms with Crippen LogP contribution in [0.15, 0.2) is 110 Å². The Morgan fingerprint density at radius 1 is 0.889 bits per heavy atom. The number of nitrogens with zero attached hydrogens (tertiary/aromatic N) is 6. The van der Waals surface area contributed by atoms with E-state index in [1.54, 1.807) is 0 Å². The third kappa shape index (κ3) is 5.26. The van der Waals surface area contributed by atoms with E-state index in [9.17, 15) is 13.2 Å². The topological polar surface area (TPSA) is 103 Å². The van der Waals surface area contributed by atoms with Crippen molar-refractivity contribution in [3.8, 4) is 0 Å². The van der Waals surface area contributed by atoms with E-state index in [4.69, 9.17) is 9.82 Å². The molecule has 1 saturated heterocycles. The Hall–Kier alpha value is -4.58. The van der Waals surface area contributed by atoms with E-state index in [2.05, 4.69) is 21.7 Å². The van der Waals surface area contributed by atoms with Crippen molar-refractivity contribution in [1.82, 2.24) is 27.9 Å². The summed E-state index contributed by atoms with van der Waals surface area (Å²) in [5.41, 5.74) is 5.19. The highest BCUT2D eigenvalue weighted by molar-refractivity contribution is 7.87. The number of hydrogen-bond donors (Lipinski definition) is 0. The fourth-order valence-electron chi connectivity index (χ4n) is 6.62. The van der Waals surface area contributed by atoms with Gasteiger partial charge in [0, 0.05) is 32.8 Å². The Bertz CT molecular complexity index is 1870. The normalized spacial score (nSPS) is 20.0. The highest BCUT2D eigenvalue weighted by atomic mass is 32.2. The molecule has 230 valence electrons. The van der Waals surface area contributed by atoms with Crippen LogP contribution in [0.25, 0.3) is 0 Å². The van der Waals surface area contributed by atoms with Crippen LogP contribution >= 0.6 is 0 Å². The molecule has 10 nitrogen and oxygen atoms in total. The summed E-state index contributed by atoms with van der Waals surface area (Å²) < 4.78 is 30.5. The lowest BCUT2D eigenvalue weighted by atomic mass is 9.70. The van der Waals surface area contributed by atoms with Crippen molar-refractivity contribution >= 4 is 16.1 Å². The standard InChI is InChI=1S/C34H34N6O4S/c1-37(2)45(42,43)39-20-29(36-23-39)31-30-27(18-28-33(31)38(22-35-28)19-24-12-6-3-7-13-24)21-44-40(34(30)41)32(25-14-8-4-9-15-25)26-16-10-5-11-17-26/h3-17,20,22-23,27,30-32H,18-19,21H2,1-2H3/t27-,30+,31-/m0/s1. The number of benzene rings is 3. The summed E-state index contributed by atoms with van der Waals surface area (Å²) in [6.07, 6.45) is 5.22. The molecule has 5 aromatic rings. The Morgan fingerprint density at radius 3 is 2.13 bits per heavy atom. The lowest BCUT2D eigenvalue weighted by Gasteiger charge is -2.45. The highest BCUT2D eigenvalue weighted by Gasteiger charge is 2.51. The second-order valence-electron chi connectivity index (χ2n) is 11.8. The van der Waals surface area contributed by atoms with Crippen LogP contribution in [0.2, 0.25) is 0 Å². The third-order valence-corrected chi connectivity index (χ3v) is 10.4. The number of carbonyl (C=O) groups is 1. The van der Waals surface area contributed by atoms with Crippen molar-refractivity contribution < 1.29 is 18.0 Å². The van der Waals surface area contributed by atoms with E-state index in [-0.39, 0.29) is 11.8 Å². The summed E-state index contributed by atoms with van der Waals surface area (Å²) in [6.45, 7) is 0.865. The molecule has 1 aliphatic heterocycles. The molecule has 3 heterocycles. The molecule has 3 atom stereocenters. The molecule has 0 bridgehead atoms. The zero-order valence-corrected chi connectivity index (χ0v) is 25.9. The van der Waals surface area contributed by atoms with Crippen LogP contribution in [0.4, 0.5) is 0 Å². The molecule has 11 heteroatoms. The fraction of sp³-hybridized carbons (Fsp3) is 0.265. The van der Waals surface area contributed by atoms with Gasteiger partial charge < -0.3 is 4.57 Å². The first-order chi connectivity index (χ1) is 21.8. The Kier molecular flexibility index (Phi) is 7.60. The molecule has 1 aliphatic carbocycles. The maximum Gasteiger partial charge on any atom is 0.308 e. The molecular weight excluding hydrogens is 588 g/mol. The predicted molar refractivity (Wildman–Crippen MR) is 168 cm³/mol. The number of rotatable bonds is 8. The van der Waals surface area contributed by atoms with Crippen LogP contribution in [-0.2, 0) is 32.8 Å². The van der Waals surface area contributed by atoms with Gasteiger partial charge in [0.15, 0.2) is 0 Å². The largest absolute Gasteiger partial charge is 0.329 e. The molecule has 7 rings (SSSR count). The second kappa shape index (κ2) is 11.7. The molecule has 0 unspecified atom stereocenters. The van der Waals surface area contributed by atoms with Crippen LogP contribution in [0.3, 0.4) is 0 Å². The first kappa shape index (κ1) is 29.1. The Morgan fingerprint density at radius 2 is 1.51 bits per heavy atom. The molecule has 3 aromatic carbocycles. The number of imidazole rings is 2. The smallest absolute Gasteiger partial charge is 0.308 e. The van der Waals surface area contributed by atoms with E-state index in [1.807, 2.05) is 85.2 Å². The molecule has 1 amide bonds. The molecule has 0 N–H and O–H groups in total. The summed E-state index contributed by atoms with van der Waals surface area (Å²) in [6, 6.07) is 29.3. The predicted octanol–water partition coefficient (Wildman–Crippen LogP) is 4.27. The van der Waals surface area contributed by atoms with E-state index in [0.717, 1.165) is 36.4 Å². The van der Waals surface area contributed by atoms with Crippen molar-refractivity contribution in [2.24, 2.45) is 11.8 Å². The van der Waals surface area contributed by atoms with Gasteiger partial charge in [0.05, 0.1) is 41.9 Å². The molecular formula is C34H34N6O4S. The molecule has 45 heavy (non-hydrogen) atoms. The van der Waals surface area contributed by atoms with Gasteiger partial charge in [-0.25, -0.2) is 19.0 Å². The number of fused-ring (bicyclic) bond motifs is 2. The average Bonchev–Trinajstić information content (AvgIpc) is 3.71. The Balaban J connectivity index is 1.35. The summed E-state index contributed by atoms with van der Waals surface area (Å²) in [5, 5.41) is 1.52. The van der Waals surface area contributed by atoms with Crippen LogP contribution in [0.5, 0.6) is 0 Å². The van der Waals surface area contributed by atoms with Crippen molar-refractivity contribution in [3.63, 3.8) is 0 Å². The lowest BCUT2D eigenvalue weighted by Crippen LogP contribution is -2.52. The van der Waals surface area contributed by atoms with Crippen LogP contribution in [0, 0.1) is 11.8 Å². The minimum absolute atomic E-state index is 0.169. The van der Waals surface area contributed by atoms with Crippen molar-refractivity contribution in [2.45, 2.75) is 24.9 Å². The van der Waals surface area contributed by atoms with Crippen LogP contribution in [0.1, 0.15) is 45.7 Å². The lowest BCUT2D eigenvalue weighted by molar-refractivity contribution is -0.229. The van der Waals surface area contributed by atoms with Gasteiger partial charge in [-0.15, -0.1) is 0 Å². The van der Waals surface area contributed by atoms with Gasteiger partial charge in [0.2, 0.25) is 0 Å². The van der Waals surface area contributed by atoms with Gasteiger partial charge >= 0.3 is 10.2 Å². The van der Waals surface area contributed by atoms with Gasteiger partial charge in [-0.1, -0.05) is 91.0 Å². The van der Waals surface area contributed by atoms with E-state index in [0.29, 0.717) is 25.3 Å². The van der Waals surface area contributed by atoms with Gasteiger partial charge in [-0.05, 0) is 23.1 Å². The van der Waals surface area contributed by atoms with Crippen molar-refractivity contribution in [3.05, 3.63) is 144 Å². The number of hydroxylamine groups is 2. The maximum absolute atomic E-state index is 14.9. The van der Waals surface area contributed by atoms with Gasteiger partial charge in [0.25, 0.3) is 5.91 Å². The van der Waals surface area contributed by atoms with Crippen molar-refractivity contribution in [1.29, 1.82) is 0 Å². The van der Waals surface area contributed by atoms with Crippen LogP contribution in [-0.4, -0.2) is 62.9 Å². The summed E-state index contributed by atoms with van der Waals surface area (Å²) >= 11 is 0. The molecule has 2 aromatic heterocycles. The SMILES string of the molecule is CN(C)S(=O)(=O)n1cnc([C@@H]2c3c(ncn3Cc3ccccc3)C[C@H]3CON(C(c4ccccc4)c4ccccc4)C(=O)[C@H]32)c1. The third-order valence-electron chi connectivity index (χ3n) is 8.79. The zero-order chi connectivity index (χ0) is 31.1. The minimum atomic E-state index is -3.81. The molecule has 1 fully saturated rings. The monoisotopic (exact) mass is 622 g/mol. The number of amides is 1. The number of aromatic nitrogens is 4. The highest BCUT2D eigenvalue weighted by Crippen LogP contribution is 2.48. The second-order valence-corrected chi connectivity index (χ2v) is 13.8. The molecule has 2 aliphatic rings. The van der Waals surface area contributed by atoms with E-state index in [1.165, 1.54) is 31.7 Å². The van der Waals surface area contributed by atoms with Crippen molar-refractivity contribution in [2.75, 3.05) is 20.7 Å². The van der Waals surface area contributed by atoms with E-state index >= 15 is 0 Å². The average molecular weight is 623 g/mol. The number of carbonyl (C=O) groups excluding carboxylic acids is 1. The van der Waals surface area contributed by atoms with Gasteiger partial charge in [-0.3, -0.25) is 9.63 Å². The number of hydrogen-bond acceptors (Lipinski definition) is 6. The van der Waals surface area contributed by atoms with Crippen LogP contribution < -0.4 is 0 Å². The maximum atomic E-state index is 14.9. The minimum Gasteiger partial charge on any atom is -0.329 e. The quantitative estimate of drug-likeness (QED) is 0.256. The molecule has 0 radical (unpaired) electrons.